The third-order valence-electron chi connectivity index (χ3n) is 0.962. The summed E-state index contributed by atoms with van der Waals surface area (Å²) in [5.41, 5.74) is 0. The van der Waals surface area contributed by atoms with Crippen LogP contribution in [0.3, 0.4) is 0 Å². The first kappa shape index (κ1) is 10.2. The van der Waals surface area contributed by atoms with E-state index in [1.165, 1.54) is 17.8 Å². The van der Waals surface area contributed by atoms with E-state index in [0.717, 1.165) is 11.5 Å². The van der Waals surface area contributed by atoms with E-state index in [1.807, 2.05) is 0 Å². The van der Waals surface area contributed by atoms with E-state index >= 15 is 0 Å². The highest BCUT2D eigenvalue weighted by atomic mass is 32.1. The molecule has 0 atom stereocenters. The van der Waals surface area contributed by atoms with Crippen LogP contribution in [0, 0.1) is 0 Å². The maximum Gasteiger partial charge on any atom is 0.511 e. The Kier molecular flexibility index (Phi) is 4.15. The molecule has 0 aliphatic rings. The molecule has 74 valence electrons. The highest BCUT2D eigenvalue weighted by molar-refractivity contribution is 7.03. The molecule has 0 aliphatic heterocycles. The number of hydrogen-bond acceptors (Lipinski definition) is 6. The second-order valence-corrected chi connectivity index (χ2v) is 2.57. The summed E-state index contributed by atoms with van der Waals surface area (Å²) in [7, 11) is 0. The fourth-order valence-electron chi connectivity index (χ4n) is 0.522. The van der Waals surface area contributed by atoms with Gasteiger partial charge in [-0.2, -0.15) is 4.37 Å². The first-order valence-electron chi connectivity index (χ1n) is 3.43. The summed E-state index contributed by atoms with van der Waals surface area (Å²) in [5.74, 6) is 0.271. The van der Waals surface area contributed by atoms with E-state index in [4.69, 9.17) is 5.11 Å². The first-order chi connectivity index (χ1) is 6.79. The summed E-state index contributed by atoms with van der Waals surface area (Å²) < 4.78 is 12.2. The molecule has 7 heteroatoms. The van der Waals surface area contributed by atoms with E-state index < -0.39 is 6.16 Å². The Bertz CT molecular complexity index is 328. The number of carbonyl (C=O) groups is 1. The molecular formula is C7H6N2O4S. The lowest BCUT2D eigenvalue weighted by Gasteiger charge is -1.89. The van der Waals surface area contributed by atoms with Crippen LogP contribution in [0.2, 0.25) is 0 Å². The monoisotopic (exact) mass is 214 g/mol. The molecular weight excluding hydrogens is 208 g/mol. The molecule has 0 aliphatic carbocycles. The van der Waals surface area contributed by atoms with Gasteiger partial charge in [-0.15, -0.1) is 0 Å². The molecule has 0 saturated carbocycles. The summed E-state index contributed by atoms with van der Waals surface area (Å²) in [6.07, 6.45) is 3.13. The lowest BCUT2D eigenvalue weighted by atomic mass is 10.7. The normalized spacial score (nSPS) is 8.57. The summed E-state index contributed by atoms with van der Waals surface area (Å²) in [5, 5.41) is 12.9. The van der Waals surface area contributed by atoms with E-state index in [1.54, 1.807) is 12.3 Å². The number of aromatic nitrogens is 2. The molecule has 0 spiro atoms. The minimum atomic E-state index is -1.31. The molecule has 6 nitrogen and oxygen atoms in total. The third kappa shape index (κ3) is 4.21. The molecule has 0 saturated heterocycles. The van der Waals surface area contributed by atoms with E-state index in [-0.39, 0.29) is 5.75 Å². The zero-order chi connectivity index (χ0) is 10.2. The van der Waals surface area contributed by atoms with Crippen LogP contribution in [0.15, 0.2) is 34.6 Å². The van der Waals surface area contributed by atoms with Crippen LogP contribution in [-0.2, 0) is 0 Å². The van der Waals surface area contributed by atoms with Crippen LogP contribution in [0.25, 0.3) is 0 Å². The van der Waals surface area contributed by atoms with E-state index in [2.05, 4.69) is 18.8 Å². The zero-order valence-electron chi connectivity index (χ0n) is 6.86. The van der Waals surface area contributed by atoms with Gasteiger partial charge in [-0.05, 0) is 17.6 Å². The summed E-state index contributed by atoms with van der Waals surface area (Å²) in [4.78, 5) is 9.82. The lowest BCUT2D eigenvalue weighted by Crippen LogP contribution is -2.01. The molecule has 14 heavy (non-hydrogen) atoms. The van der Waals surface area contributed by atoms with Crippen LogP contribution in [-0.4, -0.2) is 20.8 Å². The van der Waals surface area contributed by atoms with Gasteiger partial charge in [0.05, 0.1) is 17.8 Å². The number of rotatable bonds is 1. The predicted octanol–water partition coefficient (Wildman–Crippen LogP) is 1.87. The molecule has 1 N–H and O–H groups in total. The average Bonchev–Trinajstić information content (AvgIpc) is 2.75. The Morgan fingerprint density at radius 3 is 2.86 bits per heavy atom. The van der Waals surface area contributed by atoms with E-state index in [9.17, 15) is 4.79 Å². The fourth-order valence-corrected chi connectivity index (χ4v) is 0.961. The zero-order valence-corrected chi connectivity index (χ0v) is 7.68. The topological polar surface area (TPSA) is 85.5 Å². The molecule has 2 aromatic rings. The van der Waals surface area contributed by atoms with Gasteiger partial charge in [0.1, 0.15) is 6.26 Å². The molecule has 2 rings (SSSR count). The van der Waals surface area contributed by atoms with Gasteiger partial charge in [0.25, 0.3) is 0 Å². The second-order valence-electron chi connectivity index (χ2n) is 1.92. The average molecular weight is 214 g/mol. The third-order valence-corrected chi connectivity index (χ3v) is 1.53. The standard InChI is InChI=1S/C4H3NO3S.C3H3NO/c6-4(7)8-3-1-5-9-2-3;1-2-4-5-3-1/h1-2H,(H,6,7);1-3H. The minimum absolute atomic E-state index is 0.271. The van der Waals surface area contributed by atoms with Gasteiger partial charge in [-0.1, -0.05) is 5.16 Å². The van der Waals surface area contributed by atoms with Crippen molar-refractivity contribution in [3.8, 4) is 5.75 Å². The molecule has 0 aromatic carbocycles. The van der Waals surface area contributed by atoms with Gasteiger partial charge in [-0.3, -0.25) is 0 Å². The highest BCUT2D eigenvalue weighted by Crippen LogP contribution is 2.10. The Balaban J connectivity index is 0.000000165. The van der Waals surface area contributed by atoms with Crippen molar-refractivity contribution in [1.82, 2.24) is 9.53 Å². The minimum Gasteiger partial charge on any atom is -0.449 e. The Hall–Kier alpha value is -1.89. The predicted molar refractivity (Wildman–Crippen MR) is 47.3 cm³/mol. The number of nitrogens with zero attached hydrogens (tertiary/aromatic N) is 2. The van der Waals surface area contributed by atoms with Crippen LogP contribution in [0.1, 0.15) is 0 Å². The number of ether oxygens (including phenoxy) is 1. The van der Waals surface area contributed by atoms with Crippen molar-refractivity contribution in [3.63, 3.8) is 0 Å². The van der Waals surface area contributed by atoms with Crippen molar-refractivity contribution < 1.29 is 19.2 Å². The summed E-state index contributed by atoms with van der Waals surface area (Å²) >= 11 is 1.14. The van der Waals surface area contributed by atoms with Crippen LogP contribution >= 0.6 is 11.5 Å². The quantitative estimate of drug-likeness (QED) is 0.729. The van der Waals surface area contributed by atoms with Crippen molar-refractivity contribution >= 4 is 17.7 Å². The van der Waals surface area contributed by atoms with Gasteiger partial charge in [-0.25, -0.2) is 4.79 Å². The highest BCUT2D eigenvalue weighted by Gasteiger charge is 1.99. The van der Waals surface area contributed by atoms with Crippen molar-refractivity contribution in [3.05, 3.63) is 30.1 Å². The van der Waals surface area contributed by atoms with Gasteiger partial charge in [0.2, 0.25) is 0 Å². The van der Waals surface area contributed by atoms with Crippen LogP contribution in [0.5, 0.6) is 5.75 Å². The van der Waals surface area contributed by atoms with Crippen molar-refractivity contribution in [2.45, 2.75) is 0 Å². The van der Waals surface area contributed by atoms with E-state index in [0.29, 0.717) is 0 Å². The molecule has 0 radical (unpaired) electrons. The van der Waals surface area contributed by atoms with Crippen molar-refractivity contribution in [2.75, 3.05) is 0 Å². The van der Waals surface area contributed by atoms with Crippen molar-refractivity contribution in [2.24, 2.45) is 0 Å². The Morgan fingerprint density at radius 2 is 2.50 bits per heavy atom. The summed E-state index contributed by atoms with van der Waals surface area (Å²) in [6, 6.07) is 1.72. The van der Waals surface area contributed by atoms with Gasteiger partial charge in [0, 0.05) is 0 Å². The SMILES string of the molecule is O=C(O)Oc1cnsc1.c1cnoc1. The number of hydrogen-bond donors (Lipinski definition) is 1. The summed E-state index contributed by atoms with van der Waals surface area (Å²) in [6.45, 7) is 0. The smallest absolute Gasteiger partial charge is 0.449 e. The van der Waals surface area contributed by atoms with Crippen LogP contribution in [0.4, 0.5) is 4.79 Å². The molecule has 0 unspecified atom stereocenters. The fraction of sp³-hybridized carbons (Fsp3) is 0. The molecule has 0 fully saturated rings. The lowest BCUT2D eigenvalue weighted by molar-refractivity contribution is 0.144. The maximum atomic E-state index is 9.82. The van der Waals surface area contributed by atoms with Gasteiger partial charge in [0.15, 0.2) is 5.75 Å². The second kappa shape index (κ2) is 5.70. The van der Waals surface area contributed by atoms with Crippen molar-refractivity contribution in [1.29, 1.82) is 0 Å². The Morgan fingerprint density at radius 1 is 1.64 bits per heavy atom. The molecule has 0 amide bonds. The van der Waals surface area contributed by atoms with Crippen LogP contribution < -0.4 is 4.74 Å². The van der Waals surface area contributed by atoms with Gasteiger partial charge >= 0.3 is 6.16 Å². The van der Waals surface area contributed by atoms with Gasteiger partial charge < -0.3 is 14.4 Å². The number of carboxylic acid groups (broad SMARTS) is 1. The molecule has 0 bridgehead atoms. The molecule has 2 heterocycles. The largest absolute Gasteiger partial charge is 0.511 e. The molecule has 2 aromatic heterocycles. The first-order valence-corrected chi connectivity index (χ1v) is 4.27. The maximum absolute atomic E-state index is 9.82. The Labute approximate surface area is 82.9 Å².